The lowest BCUT2D eigenvalue weighted by atomic mass is 9.95. The molecular formula is C16H27N. The second kappa shape index (κ2) is 9.23. The summed E-state index contributed by atoms with van der Waals surface area (Å²) in [6.07, 6.45) is 6.54. The fraction of sp³-hybridized carbons (Fsp3) is 0.625. The maximum Gasteiger partial charge on any atom is -0.00489 e. The minimum atomic E-state index is 0.701. The molecule has 1 atom stereocenters. The van der Waals surface area contributed by atoms with Crippen LogP contribution in [0.2, 0.25) is 0 Å². The molecule has 1 N–H and O–H groups in total. The first-order chi connectivity index (χ1) is 8.34. The highest BCUT2D eigenvalue weighted by atomic mass is 14.8. The second-order valence-electron chi connectivity index (χ2n) is 4.91. The fourth-order valence-electron chi connectivity index (χ4n) is 2.08. The average Bonchev–Trinajstić information content (AvgIpc) is 2.38. The van der Waals surface area contributed by atoms with Gasteiger partial charge in [0.15, 0.2) is 0 Å². The van der Waals surface area contributed by atoms with Crippen molar-refractivity contribution in [1.29, 1.82) is 0 Å². The summed E-state index contributed by atoms with van der Waals surface area (Å²) in [5.41, 5.74) is 1.48. The van der Waals surface area contributed by atoms with Crippen LogP contribution in [-0.2, 0) is 0 Å². The standard InChI is InChI=1S/C16H27N/c1-3-4-13-17-14-9-8-10-15(2)16-11-6-5-7-12-16/h5-7,11-12,15,17H,3-4,8-10,13-14H2,1-2H3. The van der Waals surface area contributed by atoms with Crippen LogP contribution in [0, 0.1) is 0 Å². The zero-order valence-corrected chi connectivity index (χ0v) is 11.4. The lowest BCUT2D eigenvalue weighted by molar-refractivity contribution is 0.558. The van der Waals surface area contributed by atoms with Crippen LogP contribution in [0.1, 0.15) is 57.4 Å². The summed E-state index contributed by atoms with van der Waals surface area (Å²) in [4.78, 5) is 0. The molecule has 96 valence electrons. The Morgan fingerprint density at radius 3 is 2.41 bits per heavy atom. The number of unbranched alkanes of at least 4 members (excludes halogenated alkanes) is 2. The fourth-order valence-corrected chi connectivity index (χ4v) is 2.08. The minimum absolute atomic E-state index is 0.701. The molecule has 1 unspecified atom stereocenters. The van der Waals surface area contributed by atoms with Crippen LogP contribution in [0.4, 0.5) is 0 Å². The average molecular weight is 233 g/mol. The van der Waals surface area contributed by atoms with Gasteiger partial charge in [0.2, 0.25) is 0 Å². The van der Waals surface area contributed by atoms with Crippen LogP contribution < -0.4 is 5.32 Å². The highest BCUT2D eigenvalue weighted by Crippen LogP contribution is 2.20. The number of hydrogen-bond donors (Lipinski definition) is 1. The quantitative estimate of drug-likeness (QED) is 0.625. The number of benzene rings is 1. The highest BCUT2D eigenvalue weighted by Gasteiger charge is 2.03. The third kappa shape index (κ3) is 6.48. The van der Waals surface area contributed by atoms with E-state index in [2.05, 4.69) is 49.5 Å². The van der Waals surface area contributed by atoms with Gasteiger partial charge in [0, 0.05) is 0 Å². The molecule has 0 heterocycles. The Morgan fingerprint density at radius 1 is 1.00 bits per heavy atom. The first-order valence-electron chi connectivity index (χ1n) is 7.10. The van der Waals surface area contributed by atoms with Crippen molar-refractivity contribution in [3.05, 3.63) is 35.9 Å². The molecule has 0 saturated heterocycles. The van der Waals surface area contributed by atoms with Gasteiger partial charge in [0.25, 0.3) is 0 Å². The summed E-state index contributed by atoms with van der Waals surface area (Å²) < 4.78 is 0. The van der Waals surface area contributed by atoms with E-state index in [1.165, 1.54) is 50.8 Å². The molecule has 0 fully saturated rings. The Balaban J connectivity index is 2.03. The molecule has 0 aliphatic heterocycles. The number of rotatable bonds is 9. The smallest absolute Gasteiger partial charge is 0.00489 e. The van der Waals surface area contributed by atoms with E-state index in [-0.39, 0.29) is 0 Å². The van der Waals surface area contributed by atoms with Gasteiger partial charge >= 0.3 is 0 Å². The van der Waals surface area contributed by atoms with Gasteiger partial charge in [-0.3, -0.25) is 0 Å². The predicted octanol–water partition coefficient (Wildman–Crippen LogP) is 4.35. The van der Waals surface area contributed by atoms with E-state index in [0.29, 0.717) is 5.92 Å². The lowest BCUT2D eigenvalue weighted by Gasteiger charge is -2.11. The third-order valence-electron chi connectivity index (χ3n) is 3.32. The normalized spacial score (nSPS) is 12.6. The molecule has 0 amide bonds. The van der Waals surface area contributed by atoms with Gasteiger partial charge < -0.3 is 5.32 Å². The SMILES string of the molecule is CCCCNCCCCC(C)c1ccccc1. The van der Waals surface area contributed by atoms with Gasteiger partial charge in [0.1, 0.15) is 0 Å². The van der Waals surface area contributed by atoms with Gasteiger partial charge in [-0.25, -0.2) is 0 Å². The van der Waals surface area contributed by atoms with Crippen molar-refractivity contribution in [1.82, 2.24) is 5.32 Å². The van der Waals surface area contributed by atoms with Gasteiger partial charge in [-0.15, -0.1) is 0 Å². The minimum Gasteiger partial charge on any atom is -0.317 e. The van der Waals surface area contributed by atoms with E-state index >= 15 is 0 Å². The van der Waals surface area contributed by atoms with Crippen molar-refractivity contribution in [2.45, 2.75) is 51.9 Å². The van der Waals surface area contributed by atoms with E-state index in [1.54, 1.807) is 0 Å². The Labute approximate surface area is 107 Å². The van der Waals surface area contributed by atoms with Crippen molar-refractivity contribution in [3.63, 3.8) is 0 Å². The van der Waals surface area contributed by atoms with Gasteiger partial charge in [-0.2, -0.15) is 0 Å². The van der Waals surface area contributed by atoms with E-state index in [4.69, 9.17) is 0 Å². The lowest BCUT2D eigenvalue weighted by Crippen LogP contribution is -2.16. The molecule has 1 nitrogen and oxygen atoms in total. The van der Waals surface area contributed by atoms with Crippen molar-refractivity contribution >= 4 is 0 Å². The van der Waals surface area contributed by atoms with Crippen molar-refractivity contribution in [3.8, 4) is 0 Å². The molecule has 0 radical (unpaired) electrons. The van der Waals surface area contributed by atoms with Crippen LogP contribution in [0.3, 0.4) is 0 Å². The Kier molecular flexibility index (Phi) is 7.74. The Bertz CT molecular complexity index is 268. The monoisotopic (exact) mass is 233 g/mol. The molecule has 0 saturated carbocycles. The number of hydrogen-bond acceptors (Lipinski definition) is 1. The molecule has 1 aromatic rings. The molecule has 0 aromatic heterocycles. The first kappa shape index (κ1) is 14.2. The van der Waals surface area contributed by atoms with E-state index in [9.17, 15) is 0 Å². The summed E-state index contributed by atoms with van der Waals surface area (Å²) >= 11 is 0. The van der Waals surface area contributed by atoms with Gasteiger partial charge in [-0.1, -0.05) is 57.0 Å². The summed E-state index contributed by atoms with van der Waals surface area (Å²) in [6, 6.07) is 10.8. The molecule has 1 rings (SSSR count). The maximum absolute atomic E-state index is 3.50. The van der Waals surface area contributed by atoms with Crippen LogP contribution in [-0.4, -0.2) is 13.1 Å². The number of nitrogens with one attached hydrogen (secondary N) is 1. The summed E-state index contributed by atoms with van der Waals surface area (Å²) in [6.45, 7) is 6.94. The molecule has 17 heavy (non-hydrogen) atoms. The molecule has 0 aliphatic carbocycles. The maximum atomic E-state index is 3.50. The third-order valence-corrected chi connectivity index (χ3v) is 3.32. The van der Waals surface area contributed by atoms with Crippen LogP contribution in [0.25, 0.3) is 0 Å². The summed E-state index contributed by atoms with van der Waals surface area (Å²) in [7, 11) is 0. The first-order valence-corrected chi connectivity index (χ1v) is 7.10. The Morgan fingerprint density at radius 2 is 1.71 bits per heavy atom. The zero-order valence-electron chi connectivity index (χ0n) is 11.4. The van der Waals surface area contributed by atoms with Gasteiger partial charge in [0.05, 0.1) is 0 Å². The molecule has 0 bridgehead atoms. The second-order valence-corrected chi connectivity index (χ2v) is 4.91. The van der Waals surface area contributed by atoms with Crippen molar-refractivity contribution in [2.24, 2.45) is 0 Å². The van der Waals surface area contributed by atoms with E-state index in [0.717, 1.165) is 0 Å². The molecular weight excluding hydrogens is 206 g/mol. The molecule has 1 aromatic carbocycles. The molecule has 0 aliphatic rings. The van der Waals surface area contributed by atoms with Crippen LogP contribution >= 0.6 is 0 Å². The predicted molar refractivity (Wildman–Crippen MR) is 76.5 cm³/mol. The topological polar surface area (TPSA) is 12.0 Å². The van der Waals surface area contributed by atoms with Crippen molar-refractivity contribution < 1.29 is 0 Å². The highest BCUT2D eigenvalue weighted by molar-refractivity contribution is 5.18. The Hall–Kier alpha value is -0.820. The van der Waals surface area contributed by atoms with Gasteiger partial charge in [-0.05, 0) is 43.8 Å². The summed E-state index contributed by atoms with van der Waals surface area (Å²) in [5.74, 6) is 0.701. The largest absolute Gasteiger partial charge is 0.317 e. The van der Waals surface area contributed by atoms with Crippen LogP contribution in [0.5, 0.6) is 0 Å². The molecule has 0 spiro atoms. The van der Waals surface area contributed by atoms with Crippen LogP contribution in [0.15, 0.2) is 30.3 Å². The van der Waals surface area contributed by atoms with Crippen molar-refractivity contribution in [2.75, 3.05) is 13.1 Å². The zero-order chi connectivity index (χ0) is 12.3. The van der Waals surface area contributed by atoms with E-state index in [1.807, 2.05) is 0 Å². The summed E-state index contributed by atoms with van der Waals surface area (Å²) in [5, 5.41) is 3.50. The van der Waals surface area contributed by atoms with E-state index < -0.39 is 0 Å². The molecule has 1 heteroatoms.